The lowest BCUT2D eigenvalue weighted by Gasteiger charge is -2.12. The summed E-state index contributed by atoms with van der Waals surface area (Å²) < 4.78 is 32.0. The Morgan fingerprint density at radius 2 is 1.59 bits per heavy atom. The van der Waals surface area contributed by atoms with Gasteiger partial charge < -0.3 is 4.74 Å². The number of benzene rings is 3. The molecule has 1 heterocycles. The van der Waals surface area contributed by atoms with Crippen molar-refractivity contribution in [2.75, 3.05) is 6.54 Å². The van der Waals surface area contributed by atoms with E-state index in [4.69, 9.17) is 27.9 Å². The SMILES string of the molecule is CCN1C(=O)/C(=C\c2cc(Cl)c(OCc3ccc(F)cc3)c(Cl)c2)SC1=Nc1ccc(F)cc1. The fourth-order valence-electron chi connectivity index (χ4n) is 3.18. The Kier molecular flexibility index (Phi) is 7.56. The molecule has 1 fully saturated rings. The monoisotopic (exact) mass is 518 g/mol. The zero-order valence-electron chi connectivity index (χ0n) is 17.9. The van der Waals surface area contributed by atoms with E-state index in [9.17, 15) is 13.6 Å². The summed E-state index contributed by atoms with van der Waals surface area (Å²) in [5.41, 5.74) is 1.93. The van der Waals surface area contributed by atoms with Gasteiger partial charge in [0, 0.05) is 6.54 Å². The predicted molar refractivity (Wildman–Crippen MR) is 134 cm³/mol. The van der Waals surface area contributed by atoms with Gasteiger partial charge in [0.05, 0.1) is 20.6 Å². The van der Waals surface area contributed by atoms with Gasteiger partial charge in [-0.05, 0) is 84.4 Å². The van der Waals surface area contributed by atoms with Crippen LogP contribution in [0.4, 0.5) is 14.5 Å². The van der Waals surface area contributed by atoms with E-state index in [-0.39, 0.29) is 34.2 Å². The first kappa shape index (κ1) is 24.3. The maximum Gasteiger partial charge on any atom is 0.266 e. The van der Waals surface area contributed by atoms with E-state index in [0.717, 1.165) is 5.56 Å². The maximum absolute atomic E-state index is 13.2. The number of hydrogen-bond donors (Lipinski definition) is 0. The van der Waals surface area contributed by atoms with Crippen LogP contribution in [0.1, 0.15) is 18.1 Å². The molecule has 0 aliphatic carbocycles. The van der Waals surface area contributed by atoms with Crippen molar-refractivity contribution in [2.45, 2.75) is 13.5 Å². The first-order valence-electron chi connectivity index (χ1n) is 10.3. The van der Waals surface area contributed by atoms with Crippen LogP contribution >= 0.6 is 35.0 Å². The molecule has 1 amide bonds. The van der Waals surface area contributed by atoms with Crippen LogP contribution < -0.4 is 4.74 Å². The van der Waals surface area contributed by atoms with E-state index in [1.807, 2.05) is 6.92 Å². The molecule has 9 heteroatoms. The molecule has 1 saturated heterocycles. The Morgan fingerprint density at radius 1 is 1.00 bits per heavy atom. The van der Waals surface area contributed by atoms with Gasteiger partial charge in [0.1, 0.15) is 18.2 Å². The largest absolute Gasteiger partial charge is 0.486 e. The molecule has 0 spiro atoms. The van der Waals surface area contributed by atoms with Crippen LogP contribution in [0.25, 0.3) is 6.08 Å². The van der Waals surface area contributed by atoms with Gasteiger partial charge in [-0.1, -0.05) is 35.3 Å². The summed E-state index contributed by atoms with van der Waals surface area (Å²) in [6.45, 7) is 2.45. The van der Waals surface area contributed by atoms with E-state index in [0.29, 0.717) is 33.6 Å². The molecular weight excluding hydrogens is 501 g/mol. The average Bonchev–Trinajstić information content (AvgIpc) is 3.09. The molecule has 0 saturated carbocycles. The molecule has 1 aliphatic heterocycles. The number of rotatable bonds is 6. The van der Waals surface area contributed by atoms with Crippen molar-refractivity contribution in [3.63, 3.8) is 0 Å². The fraction of sp³-hybridized carbons (Fsp3) is 0.120. The molecular formula is C25H18Cl2F2N2O2S. The maximum atomic E-state index is 13.2. The predicted octanol–water partition coefficient (Wildman–Crippen LogP) is 7.47. The summed E-state index contributed by atoms with van der Waals surface area (Å²) in [7, 11) is 0. The third-order valence-electron chi connectivity index (χ3n) is 4.87. The van der Waals surface area contributed by atoms with Crippen LogP contribution in [0.15, 0.2) is 70.6 Å². The molecule has 3 aromatic carbocycles. The zero-order chi connectivity index (χ0) is 24.2. The molecule has 0 N–H and O–H groups in total. The van der Waals surface area contributed by atoms with E-state index < -0.39 is 0 Å². The van der Waals surface area contributed by atoms with Crippen molar-refractivity contribution < 1.29 is 18.3 Å². The van der Waals surface area contributed by atoms with Crippen LogP contribution in [-0.4, -0.2) is 22.5 Å². The lowest BCUT2D eigenvalue weighted by Crippen LogP contribution is -2.28. The van der Waals surface area contributed by atoms with E-state index in [1.54, 1.807) is 47.4 Å². The van der Waals surface area contributed by atoms with Gasteiger partial charge in [-0.25, -0.2) is 13.8 Å². The number of hydrogen-bond acceptors (Lipinski definition) is 4. The molecule has 4 nitrogen and oxygen atoms in total. The quantitative estimate of drug-likeness (QED) is 0.317. The lowest BCUT2D eigenvalue weighted by atomic mass is 10.2. The number of nitrogens with zero attached hydrogens (tertiary/aromatic N) is 2. The van der Waals surface area contributed by atoms with Gasteiger partial charge in [0.15, 0.2) is 10.9 Å². The highest BCUT2D eigenvalue weighted by Gasteiger charge is 2.32. The molecule has 4 rings (SSSR count). The standard InChI is InChI=1S/C25H18Cl2F2N2O2S/c1-2-31-24(32)22(34-25(31)30-19-9-7-18(29)8-10-19)13-16-11-20(26)23(21(27)12-16)33-14-15-3-5-17(28)6-4-15/h3-13H,2,14H2,1H3/b22-13+,30-25?. The number of amides is 1. The summed E-state index contributed by atoms with van der Waals surface area (Å²) >= 11 is 14.0. The van der Waals surface area contributed by atoms with Crippen LogP contribution in [0.3, 0.4) is 0 Å². The third-order valence-corrected chi connectivity index (χ3v) is 6.44. The molecule has 1 aliphatic rings. The highest BCUT2D eigenvalue weighted by molar-refractivity contribution is 8.18. The summed E-state index contributed by atoms with van der Waals surface area (Å²) in [5.74, 6) is -0.582. The molecule has 34 heavy (non-hydrogen) atoms. The first-order valence-corrected chi connectivity index (χ1v) is 11.8. The minimum absolute atomic E-state index is 0.170. The highest BCUT2D eigenvalue weighted by Crippen LogP contribution is 2.38. The van der Waals surface area contributed by atoms with Gasteiger partial charge in [0.25, 0.3) is 5.91 Å². The van der Waals surface area contributed by atoms with Gasteiger partial charge in [-0.2, -0.15) is 0 Å². The Bertz CT molecular complexity index is 1260. The Labute approximate surface area is 209 Å². The first-order chi connectivity index (χ1) is 16.3. The highest BCUT2D eigenvalue weighted by atomic mass is 35.5. The lowest BCUT2D eigenvalue weighted by molar-refractivity contribution is -0.122. The van der Waals surface area contributed by atoms with Gasteiger partial charge in [0.2, 0.25) is 0 Å². The number of halogens is 4. The summed E-state index contributed by atoms with van der Waals surface area (Å²) in [5, 5.41) is 1.07. The number of amidine groups is 1. The van der Waals surface area contributed by atoms with Crippen molar-refractivity contribution in [2.24, 2.45) is 4.99 Å². The van der Waals surface area contributed by atoms with Crippen molar-refractivity contribution in [1.29, 1.82) is 0 Å². The summed E-state index contributed by atoms with van der Waals surface area (Å²) in [4.78, 5) is 19.4. The number of likely N-dealkylation sites (N-methyl/N-ethyl adjacent to an activating group) is 1. The third kappa shape index (κ3) is 5.60. The number of ether oxygens (including phenoxy) is 1. The molecule has 0 atom stereocenters. The van der Waals surface area contributed by atoms with Gasteiger partial charge in [-0.15, -0.1) is 0 Å². The second-order valence-corrected chi connectivity index (χ2v) is 9.08. The van der Waals surface area contributed by atoms with E-state index in [1.165, 1.54) is 36.0 Å². The van der Waals surface area contributed by atoms with E-state index >= 15 is 0 Å². The molecule has 0 radical (unpaired) electrons. The normalized spacial score (nSPS) is 16.0. The summed E-state index contributed by atoms with van der Waals surface area (Å²) in [6.07, 6.45) is 1.68. The molecule has 0 bridgehead atoms. The number of carbonyl (C=O) groups is 1. The second kappa shape index (κ2) is 10.6. The second-order valence-electron chi connectivity index (χ2n) is 7.26. The molecule has 0 unspecified atom stereocenters. The summed E-state index contributed by atoms with van der Waals surface area (Å²) in [6, 6.07) is 15.0. The van der Waals surface area contributed by atoms with Crippen LogP contribution in [-0.2, 0) is 11.4 Å². The van der Waals surface area contributed by atoms with Crippen molar-refractivity contribution in [3.8, 4) is 5.75 Å². The van der Waals surface area contributed by atoms with Crippen LogP contribution in [0.5, 0.6) is 5.75 Å². The smallest absolute Gasteiger partial charge is 0.266 e. The Balaban J connectivity index is 1.55. The van der Waals surface area contributed by atoms with Gasteiger partial charge >= 0.3 is 0 Å². The van der Waals surface area contributed by atoms with E-state index in [2.05, 4.69) is 4.99 Å². The zero-order valence-corrected chi connectivity index (χ0v) is 20.2. The van der Waals surface area contributed by atoms with Crippen molar-refractivity contribution >= 4 is 57.8 Å². The van der Waals surface area contributed by atoms with Crippen molar-refractivity contribution in [1.82, 2.24) is 4.90 Å². The molecule has 174 valence electrons. The van der Waals surface area contributed by atoms with Crippen LogP contribution in [0, 0.1) is 11.6 Å². The number of thioether (sulfide) groups is 1. The Hall–Kier alpha value is -2.87. The van der Waals surface area contributed by atoms with Crippen molar-refractivity contribution in [3.05, 3.63) is 98.4 Å². The van der Waals surface area contributed by atoms with Gasteiger partial charge in [-0.3, -0.25) is 9.69 Å². The minimum Gasteiger partial charge on any atom is -0.486 e. The number of carbonyl (C=O) groups excluding carboxylic acids is 1. The molecule has 3 aromatic rings. The Morgan fingerprint density at radius 3 is 2.18 bits per heavy atom. The average molecular weight is 519 g/mol. The number of aliphatic imine (C=N–C) groups is 1. The molecule has 0 aromatic heterocycles. The topological polar surface area (TPSA) is 41.9 Å². The minimum atomic E-state index is -0.356. The van der Waals surface area contributed by atoms with Crippen LogP contribution in [0.2, 0.25) is 10.0 Å². The fourth-order valence-corrected chi connectivity index (χ4v) is 4.86.